The minimum atomic E-state index is -0.0821. The lowest BCUT2D eigenvalue weighted by Gasteiger charge is -2.37. The van der Waals surface area contributed by atoms with E-state index in [1.54, 1.807) is 7.11 Å². The summed E-state index contributed by atoms with van der Waals surface area (Å²) in [5.74, 6) is -0.0821. The van der Waals surface area contributed by atoms with E-state index in [0.717, 1.165) is 25.9 Å². The van der Waals surface area contributed by atoms with E-state index >= 15 is 0 Å². The zero-order valence-electron chi connectivity index (χ0n) is 11.5. The summed E-state index contributed by atoms with van der Waals surface area (Å²) in [5.41, 5.74) is 0.0380. The SMILES string of the molecule is COCC1(CNC(=O)Cn2cnnn2)CCNCC1.Cl. The number of halogens is 1. The lowest BCUT2D eigenvalue weighted by atomic mass is 9.79. The molecular weight excluding hydrogens is 284 g/mol. The molecule has 1 aromatic heterocycles. The van der Waals surface area contributed by atoms with Gasteiger partial charge in [0.25, 0.3) is 0 Å². The molecule has 1 fully saturated rings. The second-order valence-electron chi connectivity index (χ2n) is 4.97. The molecular formula is C11H21ClN6O2. The fraction of sp³-hybridized carbons (Fsp3) is 0.818. The van der Waals surface area contributed by atoms with Gasteiger partial charge in [-0.2, -0.15) is 0 Å². The van der Waals surface area contributed by atoms with Crippen LogP contribution in [0.5, 0.6) is 0 Å². The van der Waals surface area contributed by atoms with Crippen LogP contribution in [0.2, 0.25) is 0 Å². The third-order valence-corrected chi connectivity index (χ3v) is 3.47. The third kappa shape index (κ3) is 4.69. The predicted octanol–water partition coefficient (Wildman–Crippen LogP) is -0.773. The molecule has 1 aromatic rings. The fourth-order valence-corrected chi connectivity index (χ4v) is 2.38. The van der Waals surface area contributed by atoms with Gasteiger partial charge in [0.1, 0.15) is 12.9 Å². The van der Waals surface area contributed by atoms with Crippen molar-refractivity contribution in [3.8, 4) is 0 Å². The lowest BCUT2D eigenvalue weighted by molar-refractivity contribution is -0.122. The van der Waals surface area contributed by atoms with Crippen molar-refractivity contribution in [2.24, 2.45) is 5.41 Å². The summed E-state index contributed by atoms with van der Waals surface area (Å²) in [6.45, 7) is 3.37. The number of rotatable bonds is 6. The van der Waals surface area contributed by atoms with Gasteiger partial charge >= 0.3 is 0 Å². The van der Waals surface area contributed by atoms with Crippen molar-refractivity contribution in [3.05, 3.63) is 6.33 Å². The maximum absolute atomic E-state index is 11.8. The highest BCUT2D eigenvalue weighted by Crippen LogP contribution is 2.28. The van der Waals surface area contributed by atoms with Crippen molar-refractivity contribution in [2.45, 2.75) is 19.4 Å². The molecule has 1 aliphatic heterocycles. The summed E-state index contributed by atoms with van der Waals surface area (Å²) in [4.78, 5) is 11.8. The van der Waals surface area contributed by atoms with Crippen molar-refractivity contribution < 1.29 is 9.53 Å². The van der Waals surface area contributed by atoms with Crippen LogP contribution in [0.1, 0.15) is 12.8 Å². The van der Waals surface area contributed by atoms with Crippen molar-refractivity contribution in [1.29, 1.82) is 0 Å². The van der Waals surface area contributed by atoms with Crippen LogP contribution in [-0.2, 0) is 16.1 Å². The monoisotopic (exact) mass is 304 g/mol. The molecule has 2 rings (SSSR count). The highest BCUT2D eigenvalue weighted by atomic mass is 35.5. The Labute approximate surface area is 124 Å². The van der Waals surface area contributed by atoms with Crippen LogP contribution in [0.4, 0.5) is 0 Å². The molecule has 9 heteroatoms. The minimum absolute atomic E-state index is 0. The molecule has 1 aliphatic rings. The van der Waals surface area contributed by atoms with Crippen molar-refractivity contribution >= 4 is 18.3 Å². The average Bonchev–Trinajstić information content (AvgIpc) is 2.91. The van der Waals surface area contributed by atoms with Crippen molar-refractivity contribution in [1.82, 2.24) is 30.8 Å². The van der Waals surface area contributed by atoms with Crippen LogP contribution in [0.3, 0.4) is 0 Å². The standard InChI is InChI=1S/C11H20N6O2.ClH/c1-19-8-11(2-4-12-5-3-11)7-13-10(18)6-17-9-14-15-16-17;/h9,12H,2-8H2,1H3,(H,13,18);1H. The van der Waals surface area contributed by atoms with Crippen LogP contribution in [-0.4, -0.2) is 59.5 Å². The minimum Gasteiger partial charge on any atom is -0.384 e. The maximum atomic E-state index is 11.8. The normalized spacial score (nSPS) is 17.2. The summed E-state index contributed by atoms with van der Waals surface area (Å²) in [6, 6.07) is 0. The summed E-state index contributed by atoms with van der Waals surface area (Å²) >= 11 is 0. The van der Waals surface area contributed by atoms with E-state index in [9.17, 15) is 4.79 Å². The molecule has 2 heterocycles. The number of hydrogen-bond acceptors (Lipinski definition) is 6. The van der Waals surface area contributed by atoms with Crippen LogP contribution in [0.15, 0.2) is 6.33 Å². The molecule has 0 spiro atoms. The summed E-state index contributed by atoms with van der Waals surface area (Å²) in [7, 11) is 1.70. The molecule has 0 bridgehead atoms. The maximum Gasteiger partial charge on any atom is 0.241 e. The number of nitrogens with one attached hydrogen (secondary N) is 2. The highest BCUT2D eigenvalue weighted by Gasteiger charge is 2.32. The number of carbonyl (C=O) groups is 1. The Balaban J connectivity index is 0.00000200. The molecule has 0 saturated carbocycles. The number of ether oxygens (including phenoxy) is 1. The fourth-order valence-electron chi connectivity index (χ4n) is 2.38. The topological polar surface area (TPSA) is 94.0 Å². The van der Waals surface area contributed by atoms with Crippen LogP contribution < -0.4 is 10.6 Å². The van der Waals surface area contributed by atoms with E-state index in [1.165, 1.54) is 11.0 Å². The van der Waals surface area contributed by atoms with Gasteiger partial charge in [-0.15, -0.1) is 17.5 Å². The number of aromatic nitrogens is 4. The van der Waals surface area contributed by atoms with Gasteiger partial charge in [0, 0.05) is 19.1 Å². The Bertz CT molecular complexity index is 388. The Kier molecular flexibility index (Phi) is 6.83. The van der Waals surface area contributed by atoms with E-state index in [2.05, 4.69) is 26.2 Å². The molecule has 0 atom stereocenters. The predicted molar refractivity (Wildman–Crippen MR) is 74.5 cm³/mol. The number of carbonyl (C=O) groups excluding carboxylic acids is 1. The Morgan fingerprint density at radius 2 is 2.25 bits per heavy atom. The Morgan fingerprint density at radius 3 is 2.85 bits per heavy atom. The first kappa shape index (κ1) is 16.8. The van der Waals surface area contributed by atoms with E-state index in [4.69, 9.17) is 4.74 Å². The van der Waals surface area contributed by atoms with Crippen molar-refractivity contribution in [2.75, 3.05) is 33.4 Å². The molecule has 0 unspecified atom stereocenters. The molecule has 20 heavy (non-hydrogen) atoms. The molecule has 0 aromatic carbocycles. The van der Waals surface area contributed by atoms with E-state index in [0.29, 0.717) is 13.2 Å². The van der Waals surface area contributed by atoms with Gasteiger partial charge in [-0.1, -0.05) is 0 Å². The zero-order chi connectivity index (χ0) is 13.6. The molecule has 0 radical (unpaired) electrons. The first-order valence-electron chi connectivity index (χ1n) is 6.41. The molecule has 2 N–H and O–H groups in total. The summed E-state index contributed by atoms with van der Waals surface area (Å²) < 4.78 is 6.71. The largest absolute Gasteiger partial charge is 0.384 e. The van der Waals surface area contributed by atoms with E-state index < -0.39 is 0 Å². The van der Waals surface area contributed by atoms with Gasteiger partial charge in [-0.25, -0.2) is 4.68 Å². The summed E-state index contributed by atoms with van der Waals surface area (Å²) in [5, 5.41) is 16.9. The van der Waals surface area contributed by atoms with Gasteiger partial charge in [0.05, 0.1) is 6.61 Å². The first-order valence-corrected chi connectivity index (χ1v) is 6.41. The van der Waals surface area contributed by atoms with Crippen LogP contribution in [0.25, 0.3) is 0 Å². The third-order valence-electron chi connectivity index (χ3n) is 3.47. The lowest BCUT2D eigenvalue weighted by Crippen LogP contribution is -2.47. The quantitative estimate of drug-likeness (QED) is 0.716. The van der Waals surface area contributed by atoms with Crippen molar-refractivity contribution in [3.63, 3.8) is 0 Å². The highest BCUT2D eigenvalue weighted by molar-refractivity contribution is 5.85. The molecule has 8 nitrogen and oxygen atoms in total. The number of piperidine rings is 1. The second-order valence-corrected chi connectivity index (χ2v) is 4.97. The van der Waals surface area contributed by atoms with E-state index in [-0.39, 0.29) is 30.3 Å². The molecule has 0 aliphatic carbocycles. The van der Waals surface area contributed by atoms with Crippen LogP contribution in [0, 0.1) is 5.41 Å². The second kappa shape index (κ2) is 8.13. The number of tetrazole rings is 1. The Morgan fingerprint density at radius 1 is 1.50 bits per heavy atom. The molecule has 1 saturated heterocycles. The number of amides is 1. The number of nitrogens with zero attached hydrogens (tertiary/aromatic N) is 4. The molecule has 114 valence electrons. The van der Waals surface area contributed by atoms with Crippen LogP contribution >= 0.6 is 12.4 Å². The zero-order valence-corrected chi connectivity index (χ0v) is 12.4. The first-order chi connectivity index (χ1) is 9.24. The van der Waals surface area contributed by atoms with Gasteiger partial charge in [-0.05, 0) is 36.4 Å². The van der Waals surface area contributed by atoms with Gasteiger partial charge in [0.2, 0.25) is 5.91 Å². The van der Waals surface area contributed by atoms with E-state index in [1.807, 2.05) is 0 Å². The smallest absolute Gasteiger partial charge is 0.241 e. The molecule has 1 amide bonds. The van der Waals surface area contributed by atoms with Gasteiger partial charge in [-0.3, -0.25) is 4.79 Å². The summed E-state index contributed by atoms with van der Waals surface area (Å²) in [6.07, 6.45) is 3.44. The average molecular weight is 305 g/mol. The number of hydrogen-bond donors (Lipinski definition) is 2. The van der Waals surface area contributed by atoms with Gasteiger partial charge < -0.3 is 15.4 Å². The number of methoxy groups -OCH3 is 1. The van der Waals surface area contributed by atoms with Gasteiger partial charge in [0.15, 0.2) is 0 Å². The Hall–Kier alpha value is -1.25.